The van der Waals surface area contributed by atoms with Gasteiger partial charge in [0.1, 0.15) is 0 Å². The second kappa shape index (κ2) is 8.63. The predicted octanol–water partition coefficient (Wildman–Crippen LogP) is 4.25. The number of nitrogens with zero attached hydrogens (tertiary/aromatic N) is 1. The summed E-state index contributed by atoms with van der Waals surface area (Å²) in [4.78, 5) is 13.8. The van der Waals surface area contributed by atoms with Crippen molar-refractivity contribution >= 4 is 12.0 Å². The number of carbonyl (C=O) groups excluding carboxylic acids is 1. The molecule has 0 aromatic heterocycles. The summed E-state index contributed by atoms with van der Waals surface area (Å²) in [5.41, 5.74) is 3.78. The van der Waals surface area contributed by atoms with Gasteiger partial charge in [-0.2, -0.15) is 0 Å². The van der Waals surface area contributed by atoms with Gasteiger partial charge in [0.05, 0.1) is 7.11 Å². The van der Waals surface area contributed by atoms with Crippen LogP contribution >= 0.6 is 0 Å². The number of esters is 1. The molecule has 0 aliphatic carbocycles. The Bertz CT molecular complexity index is 707. The fourth-order valence-corrected chi connectivity index (χ4v) is 3.45. The number of likely N-dealkylation sites (tertiary alicyclic amines) is 1. The maximum Gasteiger partial charge on any atom is 0.330 e. The van der Waals surface area contributed by atoms with E-state index in [0.717, 1.165) is 18.5 Å². The van der Waals surface area contributed by atoms with Crippen molar-refractivity contribution in [1.82, 2.24) is 4.90 Å². The van der Waals surface area contributed by atoms with Gasteiger partial charge in [-0.25, -0.2) is 4.79 Å². The van der Waals surface area contributed by atoms with Crippen LogP contribution in [0.3, 0.4) is 0 Å². The van der Waals surface area contributed by atoms with E-state index >= 15 is 0 Å². The molecule has 1 atom stereocenters. The summed E-state index contributed by atoms with van der Waals surface area (Å²) in [5.74, 6) is -0.327. The number of methoxy groups -OCH3 is 1. The Morgan fingerprint density at radius 2 is 1.92 bits per heavy atom. The normalized spacial score (nSPS) is 17.9. The van der Waals surface area contributed by atoms with Gasteiger partial charge in [0.2, 0.25) is 0 Å². The third-order valence-corrected chi connectivity index (χ3v) is 4.83. The third-order valence-electron chi connectivity index (χ3n) is 4.83. The van der Waals surface area contributed by atoms with Crippen LogP contribution in [0.4, 0.5) is 0 Å². The van der Waals surface area contributed by atoms with Crippen LogP contribution in [0.2, 0.25) is 0 Å². The molecule has 1 saturated heterocycles. The first-order valence-electron chi connectivity index (χ1n) is 8.90. The summed E-state index contributed by atoms with van der Waals surface area (Å²) >= 11 is 0. The summed E-state index contributed by atoms with van der Waals surface area (Å²) in [6.07, 6.45) is 6.81. The van der Waals surface area contributed by atoms with E-state index in [4.69, 9.17) is 0 Å². The molecule has 0 amide bonds. The maximum absolute atomic E-state index is 11.2. The molecular formula is C22H25NO2. The van der Waals surface area contributed by atoms with Crippen molar-refractivity contribution < 1.29 is 9.53 Å². The first-order valence-corrected chi connectivity index (χ1v) is 8.90. The molecule has 0 N–H and O–H groups in total. The number of rotatable bonds is 6. The number of hydrogen-bond acceptors (Lipinski definition) is 3. The van der Waals surface area contributed by atoms with Crippen LogP contribution in [0.25, 0.3) is 6.08 Å². The van der Waals surface area contributed by atoms with Crippen LogP contribution in [0, 0.1) is 0 Å². The number of ether oxygens (including phenoxy) is 1. The summed E-state index contributed by atoms with van der Waals surface area (Å²) in [7, 11) is 1.39. The average Bonchev–Trinajstić information content (AvgIpc) is 3.14. The minimum absolute atomic E-state index is 0.327. The Labute approximate surface area is 149 Å². The van der Waals surface area contributed by atoms with E-state index in [-0.39, 0.29) is 5.97 Å². The maximum atomic E-state index is 11.2. The number of carbonyl (C=O) groups is 1. The molecule has 0 spiro atoms. The van der Waals surface area contributed by atoms with Gasteiger partial charge in [-0.3, -0.25) is 4.90 Å². The van der Waals surface area contributed by atoms with Crippen LogP contribution in [-0.4, -0.2) is 31.1 Å². The zero-order valence-electron chi connectivity index (χ0n) is 14.7. The highest BCUT2D eigenvalue weighted by Crippen LogP contribution is 2.32. The number of hydrogen-bond donors (Lipinski definition) is 0. The molecule has 3 heteroatoms. The number of benzene rings is 2. The van der Waals surface area contributed by atoms with Crippen LogP contribution in [0.5, 0.6) is 0 Å². The molecular weight excluding hydrogens is 310 g/mol. The Kier molecular flexibility index (Phi) is 6.02. The van der Waals surface area contributed by atoms with Gasteiger partial charge < -0.3 is 4.74 Å². The molecule has 3 nitrogen and oxygen atoms in total. The molecule has 0 bridgehead atoms. The van der Waals surface area contributed by atoms with Gasteiger partial charge >= 0.3 is 5.97 Å². The van der Waals surface area contributed by atoms with Gasteiger partial charge in [0, 0.05) is 18.7 Å². The lowest BCUT2D eigenvalue weighted by atomic mass is 10.0. The Morgan fingerprint density at radius 1 is 1.16 bits per heavy atom. The highest BCUT2D eigenvalue weighted by atomic mass is 16.5. The first kappa shape index (κ1) is 17.4. The largest absolute Gasteiger partial charge is 0.466 e. The average molecular weight is 335 g/mol. The van der Waals surface area contributed by atoms with E-state index in [0.29, 0.717) is 6.04 Å². The predicted molar refractivity (Wildman–Crippen MR) is 101 cm³/mol. The Balaban J connectivity index is 1.61. The third kappa shape index (κ3) is 4.80. The van der Waals surface area contributed by atoms with E-state index in [1.54, 1.807) is 6.08 Å². The molecule has 3 rings (SSSR count). The monoisotopic (exact) mass is 335 g/mol. The Morgan fingerprint density at radius 3 is 2.64 bits per heavy atom. The van der Waals surface area contributed by atoms with E-state index in [2.05, 4.69) is 64.2 Å². The van der Waals surface area contributed by atoms with E-state index in [9.17, 15) is 4.79 Å². The quantitative estimate of drug-likeness (QED) is 0.584. The minimum atomic E-state index is -0.327. The minimum Gasteiger partial charge on any atom is -0.466 e. The topological polar surface area (TPSA) is 29.5 Å². The van der Waals surface area contributed by atoms with Crippen LogP contribution < -0.4 is 0 Å². The lowest BCUT2D eigenvalue weighted by molar-refractivity contribution is -0.134. The molecule has 0 radical (unpaired) electrons. The SMILES string of the molecule is COC(=O)/C=C/c1ccc([C@@H]2CCCN2CCc2ccccc2)cc1. The fourth-order valence-electron chi connectivity index (χ4n) is 3.45. The molecule has 130 valence electrons. The zero-order chi connectivity index (χ0) is 17.5. The second-order valence-electron chi connectivity index (χ2n) is 6.45. The van der Waals surface area contributed by atoms with Gasteiger partial charge in [0.15, 0.2) is 0 Å². The molecule has 1 aliphatic heterocycles. The zero-order valence-corrected chi connectivity index (χ0v) is 14.7. The molecule has 1 aliphatic rings. The van der Waals surface area contributed by atoms with Gasteiger partial charge in [-0.1, -0.05) is 54.6 Å². The second-order valence-corrected chi connectivity index (χ2v) is 6.45. The van der Waals surface area contributed by atoms with Crippen molar-refractivity contribution in [3.63, 3.8) is 0 Å². The Hall–Kier alpha value is -2.39. The molecule has 0 saturated carbocycles. The molecule has 2 aromatic carbocycles. The van der Waals surface area contributed by atoms with Crippen molar-refractivity contribution in [1.29, 1.82) is 0 Å². The highest BCUT2D eigenvalue weighted by Gasteiger charge is 2.25. The molecule has 1 heterocycles. The van der Waals surface area contributed by atoms with E-state index in [1.807, 2.05) is 0 Å². The van der Waals surface area contributed by atoms with E-state index < -0.39 is 0 Å². The van der Waals surface area contributed by atoms with Gasteiger partial charge in [-0.15, -0.1) is 0 Å². The van der Waals surface area contributed by atoms with Crippen molar-refractivity contribution in [2.75, 3.05) is 20.2 Å². The lowest BCUT2D eigenvalue weighted by Gasteiger charge is -2.25. The van der Waals surface area contributed by atoms with Crippen LogP contribution in [0.15, 0.2) is 60.7 Å². The molecule has 0 unspecified atom stereocenters. The van der Waals surface area contributed by atoms with Crippen molar-refractivity contribution in [2.24, 2.45) is 0 Å². The standard InChI is InChI=1S/C22H25NO2/c1-25-22(24)14-11-19-9-12-20(13-10-19)21-8-5-16-23(21)17-15-18-6-3-2-4-7-18/h2-4,6-7,9-14,21H,5,8,15-17H2,1H3/b14-11+/t21-/m0/s1. The molecule has 2 aromatic rings. The van der Waals surface area contributed by atoms with Gasteiger partial charge in [-0.05, 0) is 48.6 Å². The summed E-state index contributed by atoms with van der Waals surface area (Å²) < 4.78 is 4.62. The van der Waals surface area contributed by atoms with Crippen LogP contribution in [0.1, 0.15) is 35.6 Å². The summed E-state index contributed by atoms with van der Waals surface area (Å²) in [6, 6.07) is 19.7. The van der Waals surface area contributed by atoms with Crippen molar-refractivity contribution in [3.05, 3.63) is 77.4 Å². The summed E-state index contributed by atoms with van der Waals surface area (Å²) in [6.45, 7) is 2.26. The first-order chi connectivity index (χ1) is 12.3. The van der Waals surface area contributed by atoms with E-state index in [1.165, 1.54) is 43.7 Å². The fraction of sp³-hybridized carbons (Fsp3) is 0.318. The molecule has 25 heavy (non-hydrogen) atoms. The van der Waals surface area contributed by atoms with Crippen LogP contribution in [-0.2, 0) is 16.0 Å². The molecule has 1 fully saturated rings. The van der Waals surface area contributed by atoms with Crippen molar-refractivity contribution in [2.45, 2.75) is 25.3 Å². The van der Waals surface area contributed by atoms with Crippen molar-refractivity contribution in [3.8, 4) is 0 Å². The lowest BCUT2D eigenvalue weighted by Crippen LogP contribution is -2.25. The van der Waals surface area contributed by atoms with Gasteiger partial charge in [0.25, 0.3) is 0 Å². The highest BCUT2D eigenvalue weighted by molar-refractivity contribution is 5.86. The smallest absolute Gasteiger partial charge is 0.330 e. The summed E-state index contributed by atoms with van der Waals surface area (Å²) in [5, 5.41) is 0.